The van der Waals surface area contributed by atoms with Gasteiger partial charge in [0, 0.05) is 22.9 Å². The number of piperidine rings is 1. The van der Waals surface area contributed by atoms with E-state index < -0.39 is 6.09 Å². The fourth-order valence-electron chi connectivity index (χ4n) is 4.35. The summed E-state index contributed by atoms with van der Waals surface area (Å²) in [7, 11) is 0. The summed E-state index contributed by atoms with van der Waals surface area (Å²) < 4.78 is 5.34. The van der Waals surface area contributed by atoms with Crippen LogP contribution in [0.3, 0.4) is 0 Å². The molecule has 3 heterocycles. The van der Waals surface area contributed by atoms with Crippen LogP contribution in [-0.2, 0) is 20.7 Å². The summed E-state index contributed by atoms with van der Waals surface area (Å²) in [6, 6.07) is 9.45. The Morgan fingerprint density at radius 3 is 2.73 bits per heavy atom. The van der Waals surface area contributed by atoms with Gasteiger partial charge in [0.05, 0.1) is 12.0 Å². The molecule has 0 aromatic heterocycles. The Morgan fingerprint density at radius 1 is 1.19 bits per heavy atom. The molecule has 138 valence electrons. The largest absolute Gasteiger partial charge is 0.447 e. The molecule has 3 saturated heterocycles. The first-order valence-electron chi connectivity index (χ1n) is 9.03. The van der Waals surface area contributed by atoms with Crippen LogP contribution in [0.4, 0.5) is 4.79 Å². The van der Waals surface area contributed by atoms with E-state index in [-0.39, 0.29) is 40.3 Å². The molecule has 0 saturated carbocycles. The number of rotatable bonds is 3. The highest BCUT2D eigenvalue weighted by Gasteiger charge is 2.50. The number of alkyl halides is 1. The van der Waals surface area contributed by atoms with Gasteiger partial charge in [-0.25, -0.2) is 9.69 Å². The van der Waals surface area contributed by atoms with Crippen LogP contribution in [0, 0.1) is 5.92 Å². The minimum absolute atomic E-state index is 0.0866. The number of amides is 3. The number of cyclic esters (lactones) is 1. The molecule has 0 N–H and O–H groups in total. The van der Waals surface area contributed by atoms with Crippen molar-refractivity contribution in [3.8, 4) is 0 Å². The molecule has 3 amide bonds. The Morgan fingerprint density at radius 2 is 1.96 bits per heavy atom. The fourth-order valence-corrected chi connectivity index (χ4v) is 5.41. The Labute approximate surface area is 166 Å². The average Bonchev–Trinajstić information content (AvgIpc) is 3.18. The lowest BCUT2D eigenvalue weighted by Crippen LogP contribution is -2.55. The van der Waals surface area contributed by atoms with E-state index in [9.17, 15) is 14.4 Å². The van der Waals surface area contributed by atoms with E-state index in [4.69, 9.17) is 4.74 Å². The second-order valence-electron chi connectivity index (χ2n) is 7.15. The normalized spacial score (nSPS) is 31.1. The van der Waals surface area contributed by atoms with Crippen molar-refractivity contribution in [2.75, 3.05) is 13.2 Å². The maximum atomic E-state index is 13.4. The number of hydrogen-bond acceptors (Lipinski definition) is 4. The lowest BCUT2D eigenvalue weighted by atomic mass is 9.87. The zero-order valence-corrected chi connectivity index (χ0v) is 16.5. The lowest BCUT2D eigenvalue weighted by molar-refractivity contribution is -0.139. The van der Waals surface area contributed by atoms with Crippen molar-refractivity contribution in [1.29, 1.82) is 0 Å². The summed E-state index contributed by atoms with van der Waals surface area (Å²) in [4.78, 5) is 40.9. The molecule has 0 spiro atoms. The fraction of sp³-hybridized carbons (Fsp3) is 0.526. The van der Waals surface area contributed by atoms with Crippen LogP contribution < -0.4 is 0 Å². The summed E-state index contributed by atoms with van der Waals surface area (Å²) in [5.74, 6) is -0.391. The quantitative estimate of drug-likeness (QED) is 0.505. The Balaban J connectivity index is 1.56. The van der Waals surface area contributed by atoms with E-state index in [1.807, 2.05) is 35.2 Å². The molecule has 0 bridgehead atoms. The van der Waals surface area contributed by atoms with Gasteiger partial charge in [0.25, 0.3) is 0 Å². The first-order valence-corrected chi connectivity index (χ1v) is 10.3. The maximum Gasteiger partial charge on any atom is 0.416 e. The van der Waals surface area contributed by atoms with Gasteiger partial charge in [-0.1, -0.05) is 52.9 Å². The number of fused-ring (bicyclic) bond motifs is 1. The van der Waals surface area contributed by atoms with E-state index in [1.165, 1.54) is 4.90 Å². The van der Waals surface area contributed by atoms with Crippen LogP contribution in [0.1, 0.15) is 24.8 Å². The van der Waals surface area contributed by atoms with Gasteiger partial charge in [-0.05, 0) is 24.8 Å². The number of carbonyl (C=O) groups excluding carboxylic acids is 3. The first kappa shape index (κ1) is 17.8. The molecule has 0 aliphatic carbocycles. The summed E-state index contributed by atoms with van der Waals surface area (Å²) in [5, 5.41) is 0. The van der Waals surface area contributed by atoms with E-state index in [2.05, 4.69) is 22.6 Å². The van der Waals surface area contributed by atoms with Crippen molar-refractivity contribution < 1.29 is 19.1 Å². The van der Waals surface area contributed by atoms with Gasteiger partial charge in [-0.2, -0.15) is 0 Å². The van der Waals surface area contributed by atoms with Gasteiger partial charge in [0.2, 0.25) is 11.8 Å². The minimum Gasteiger partial charge on any atom is -0.447 e. The first-order chi connectivity index (χ1) is 12.6. The molecule has 0 unspecified atom stereocenters. The molecule has 1 aromatic rings. The van der Waals surface area contributed by atoms with Crippen molar-refractivity contribution >= 4 is 40.5 Å². The van der Waals surface area contributed by atoms with E-state index in [0.717, 1.165) is 12.0 Å². The van der Waals surface area contributed by atoms with Gasteiger partial charge >= 0.3 is 6.09 Å². The number of ether oxygens (including phenoxy) is 1. The molecule has 0 radical (unpaired) electrons. The van der Waals surface area contributed by atoms with E-state index >= 15 is 0 Å². The second kappa shape index (κ2) is 7.17. The second-order valence-corrected chi connectivity index (χ2v) is 8.75. The molecule has 3 aliphatic rings. The SMILES string of the molecule is O=C1CC[C@@H]2[C@H](C(=O)N3C(=O)OC[C@@H]3Cc3ccccc3)[C@@H](I)CCN12. The predicted molar refractivity (Wildman–Crippen MR) is 103 cm³/mol. The van der Waals surface area contributed by atoms with Crippen LogP contribution in [0.2, 0.25) is 0 Å². The summed E-state index contributed by atoms with van der Waals surface area (Å²) in [6.45, 7) is 0.935. The van der Waals surface area contributed by atoms with Gasteiger partial charge in [-0.3, -0.25) is 9.59 Å². The third-order valence-electron chi connectivity index (χ3n) is 5.62. The van der Waals surface area contributed by atoms with Crippen LogP contribution in [0.5, 0.6) is 0 Å². The number of benzene rings is 1. The highest BCUT2D eigenvalue weighted by Crippen LogP contribution is 2.38. The molecule has 3 aliphatic heterocycles. The topological polar surface area (TPSA) is 66.9 Å². The smallest absolute Gasteiger partial charge is 0.416 e. The van der Waals surface area contributed by atoms with E-state index in [1.54, 1.807) is 0 Å². The number of hydrogen-bond donors (Lipinski definition) is 0. The van der Waals surface area contributed by atoms with Crippen molar-refractivity contribution in [2.24, 2.45) is 5.92 Å². The number of imide groups is 1. The number of halogens is 1. The number of nitrogens with zero attached hydrogens (tertiary/aromatic N) is 2. The molecule has 3 fully saturated rings. The van der Waals surface area contributed by atoms with Crippen molar-refractivity contribution in [3.63, 3.8) is 0 Å². The third-order valence-corrected chi connectivity index (χ3v) is 7.02. The maximum absolute atomic E-state index is 13.4. The van der Waals surface area contributed by atoms with Crippen LogP contribution in [0.15, 0.2) is 30.3 Å². The Hall–Kier alpha value is -1.64. The lowest BCUT2D eigenvalue weighted by Gasteiger charge is -2.40. The molecule has 7 heteroatoms. The summed E-state index contributed by atoms with van der Waals surface area (Å²) in [6.07, 6.45) is 2.01. The summed E-state index contributed by atoms with van der Waals surface area (Å²) in [5.41, 5.74) is 1.07. The van der Waals surface area contributed by atoms with Crippen molar-refractivity contribution in [3.05, 3.63) is 35.9 Å². The standard InChI is InChI=1S/C19H21IN2O4/c20-14-8-9-21-15(6-7-16(21)23)17(14)18(24)22-13(11-26-19(22)25)10-12-4-2-1-3-5-12/h1-5,13-15,17H,6-11H2/t13-,14-,15+,17+/m0/s1. The van der Waals surface area contributed by atoms with Gasteiger partial charge < -0.3 is 9.64 Å². The third kappa shape index (κ3) is 3.10. The zero-order valence-electron chi connectivity index (χ0n) is 14.3. The van der Waals surface area contributed by atoms with Crippen molar-refractivity contribution in [2.45, 2.75) is 41.7 Å². The summed E-state index contributed by atoms with van der Waals surface area (Å²) >= 11 is 2.30. The molecule has 1 aromatic carbocycles. The van der Waals surface area contributed by atoms with Gasteiger partial charge in [-0.15, -0.1) is 0 Å². The predicted octanol–water partition coefficient (Wildman–Crippen LogP) is 2.39. The van der Waals surface area contributed by atoms with Crippen LogP contribution >= 0.6 is 22.6 Å². The minimum atomic E-state index is -0.555. The van der Waals surface area contributed by atoms with E-state index in [0.29, 0.717) is 25.8 Å². The van der Waals surface area contributed by atoms with Crippen LogP contribution in [0.25, 0.3) is 0 Å². The average molecular weight is 468 g/mol. The highest BCUT2D eigenvalue weighted by molar-refractivity contribution is 14.1. The molecular formula is C19H21IN2O4. The monoisotopic (exact) mass is 468 g/mol. The zero-order chi connectivity index (χ0) is 18.3. The van der Waals surface area contributed by atoms with Gasteiger partial charge in [0.15, 0.2) is 0 Å². The van der Waals surface area contributed by atoms with Crippen LogP contribution in [-0.4, -0.2) is 56.9 Å². The number of carbonyl (C=O) groups is 3. The Bertz CT molecular complexity index is 726. The molecule has 6 nitrogen and oxygen atoms in total. The molecule has 4 rings (SSSR count). The van der Waals surface area contributed by atoms with Crippen molar-refractivity contribution in [1.82, 2.24) is 9.80 Å². The Kier molecular flexibility index (Phi) is 4.90. The molecular weight excluding hydrogens is 447 g/mol. The van der Waals surface area contributed by atoms with Gasteiger partial charge in [0.1, 0.15) is 6.61 Å². The highest BCUT2D eigenvalue weighted by atomic mass is 127. The molecule has 4 atom stereocenters. The molecule has 26 heavy (non-hydrogen) atoms.